The van der Waals surface area contributed by atoms with Crippen molar-refractivity contribution < 1.29 is 9.90 Å². The van der Waals surface area contributed by atoms with Gasteiger partial charge in [-0.3, -0.25) is 9.88 Å². The van der Waals surface area contributed by atoms with Gasteiger partial charge in [-0.25, -0.2) is 4.79 Å². The molecule has 0 spiro atoms. The number of carboxylic acids is 1. The fourth-order valence-electron chi connectivity index (χ4n) is 4.10. The van der Waals surface area contributed by atoms with E-state index in [1.54, 1.807) is 6.20 Å². The Balaban J connectivity index is 1.61. The highest BCUT2D eigenvalue weighted by Gasteiger charge is 2.25. The Labute approximate surface area is 171 Å². The SMILES string of the molecule is Cc1ccccc1-c1ccc2c(c1)CCN(C)[C@H]2CNc1cnccc1C(=O)O. The zero-order valence-electron chi connectivity index (χ0n) is 16.7. The lowest BCUT2D eigenvalue weighted by Crippen LogP contribution is -2.36. The van der Waals surface area contributed by atoms with Crippen LogP contribution in [-0.2, 0) is 6.42 Å². The van der Waals surface area contributed by atoms with Gasteiger partial charge >= 0.3 is 5.97 Å². The number of benzene rings is 2. The first-order valence-electron chi connectivity index (χ1n) is 9.85. The molecule has 1 atom stereocenters. The molecule has 2 heterocycles. The van der Waals surface area contributed by atoms with Crippen molar-refractivity contribution in [3.05, 3.63) is 83.2 Å². The number of fused-ring (bicyclic) bond motifs is 1. The lowest BCUT2D eigenvalue weighted by molar-refractivity contribution is 0.0697. The van der Waals surface area contributed by atoms with E-state index in [1.807, 2.05) is 0 Å². The van der Waals surface area contributed by atoms with Crippen LogP contribution >= 0.6 is 0 Å². The van der Waals surface area contributed by atoms with Gasteiger partial charge in [-0.05, 0) is 54.3 Å². The third kappa shape index (κ3) is 3.87. The minimum Gasteiger partial charge on any atom is -0.478 e. The van der Waals surface area contributed by atoms with E-state index < -0.39 is 5.97 Å². The molecule has 0 radical (unpaired) electrons. The van der Waals surface area contributed by atoms with Crippen molar-refractivity contribution in [3.63, 3.8) is 0 Å². The molecule has 0 fully saturated rings. The number of aromatic nitrogens is 1. The van der Waals surface area contributed by atoms with Gasteiger partial charge in [-0.15, -0.1) is 0 Å². The second-order valence-corrected chi connectivity index (χ2v) is 7.58. The molecule has 0 bridgehead atoms. The van der Waals surface area contributed by atoms with Gasteiger partial charge in [-0.2, -0.15) is 0 Å². The Morgan fingerprint density at radius 1 is 1.24 bits per heavy atom. The first-order chi connectivity index (χ1) is 14.0. The molecule has 148 valence electrons. The van der Waals surface area contributed by atoms with Crippen molar-refractivity contribution >= 4 is 11.7 Å². The maximum atomic E-state index is 11.5. The highest BCUT2D eigenvalue weighted by atomic mass is 16.4. The van der Waals surface area contributed by atoms with Crippen molar-refractivity contribution in [3.8, 4) is 11.1 Å². The van der Waals surface area contributed by atoms with Gasteiger partial charge in [0.2, 0.25) is 0 Å². The van der Waals surface area contributed by atoms with Crippen LogP contribution < -0.4 is 5.32 Å². The quantitative estimate of drug-likeness (QED) is 0.679. The Morgan fingerprint density at radius 3 is 2.86 bits per heavy atom. The van der Waals surface area contributed by atoms with E-state index in [9.17, 15) is 9.90 Å². The van der Waals surface area contributed by atoms with Gasteiger partial charge in [0, 0.05) is 19.3 Å². The number of nitrogens with zero attached hydrogens (tertiary/aromatic N) is 2. The number of carbonyl (C=O) groups is 1. The van der Waals surface area contributed by atoms with Gasteiger partial charge in [0.15, 0.2) is 0 Å². The van der Waals surface area contributed by atoms with Gasteiger partial charge in [0.1, 0.15) is 0 Å². The van der Waals surface area contributed by atoms with Crippen molar-refractivity contribution in [1.82, 2.24) is 9.88 Å². The lowest BCUT2D eigenvalue weighted by atomic mass is 9.89. The van der Waals surface area contributed by atoms with E-state index in [0.717, 1.165) is 13.0 Å². The maximum absolute atomic E-state index is 11.5. The van der Waals surface area contributed by atoms with Crippen LogP contribution in [0.5, 0.6) is 0 Å². The van der Waals surface area contributed by atoms with Crippen LogP contribution in [0, 0.1) is 6.92 Å². The van der Waals surface area contributed by atoms with Crippen molar-refractivity contribution in [2.45, 2.75) is 19.4 Å². The van der Waals surface area contributed by atoms with E-state index in [4.69, 9.17) is 0 Å². The summed E-state index contributed by atoms with van der Waals surface area (Å²) >= 11 is 0. The fourth-order valence-corrected chi connectivity index (χ4v) is 4.10. The third-order valence-electron chi connectivity index (χ3n) is 5.76. The summed E-state index contributed by atoms with van der Waals surface area (Å²) in [6.45, 7) is 3.73. The van der Waals surface area contributed by atoms with E-state index in [1.165, 1.54) is 40.1 Å². The monoisotopic (exact) mass is 387 g/mol. The van der Waals surface area contributed by atoms with Crippen LogP contribution in [-0.4, -0.2) is 41.1 Å². The third-order valence-corrected chi connectivity index (χ3v) is 5.76. The zero-order chi connectivity index (χ0) is 20.4. The molecular weight excluding hydrogens is 362 g/mol. The summed E-state index contributed by atoms with van der Waals surface area (Å²) in [5.41, 5.74) is 7.25. The molecular formula is C24H25N3O2. The number of pyridine rings is 1. The summed E-state index contributed by atoms with van der Waals surface area (Å²) in [7, 11) is 2.12. The smallest absolute Gasteiger partial charge is 0.337 e. The molecule has 0 saturated heterocycles. The molecule has 29 heavy (non-hydrogen) atoms. The number of nitrogens with one attached hydrogen (secondary N) is 1. The summed E-state index contributed by atoms with van der Waals surface area (Å²) in [5.74, 6) is -0.949. The largest absolute Gasteiger partial charge is 0.478 e. The molecule has 2 N–H and O–H groups in total. The molecule has 0 aliphatic carbocycles. The second-order valence-electron chi connectivity index (χ2n) is 7.58. The predicted molar refractivity (Wildman–Crippen MR) is 115 cm³/mol. The molecule has 5 nitrogen and oxygen atoms in total. The first kappa shape index (κ1) is 19.2. The number of aromatic carboxylic acids is 1. The van der Waals surface area contributed by atoms with Crippen LogP contribution in [0.1, 0.15) is 33.1 Å². The maximum Gasteiger partial charge on any atom is 0.337 e. The molecule has 1 aliphatic rings. The first-order valence-corrected chi connectivity index (χ1v) is 9.85. The summed E-state index contributed by atoms with van der Waals surface area (Å²) in [5, 5.41) is 12.7. The number of carboxylic acid groups (broad SMARTS) is 1. The number of hydrogen-bond acceptors (Lipinski definition) is 4. The lowest BCUT2D eigenvalue weighted by Gasteiger charge is -2.35. The molecule has 0 amide bonds. The van der Waals surface area contributed by atoms with Gasteiger partial charge < -0.3 is 10.4 Å². The number of likely N-dealkylation sites (N-methyl/N-ethyl adjacent to an activating group) is 1. The van der Waals surface area contributed by atoms with Crippen molar-refractivity contribution in [2.75, 3.05) is 25.5 Å². The molecule has 1 aliphatic heterocycles. The van der Waals surface area contributed by atoms with Crippen LogP contribution in [0.15, 0.2) is 60.9 Å². The summed E-state index contributed by atoms with van der Waals surface area (Å²) in [6.07, 6.45) is 4.09. The summed E-state index contributed by atoms with van der Waals surface area (Å²) < 4.78 is 0. The van der Waals surface area contributed by atoms with E-state index in [0.29, 0.717) is 12.2 Å². The molecule has 0 saturated carbocycles. The number of hydrogen-bond donors (Lipinski definition) is 2. The zero-order valence-corrected chi connectivity index (χ0v) is 16.7. The molecule has 4 rings (SSSR count). The number of aryl methyl sites for hydroxylation is 1. The molecule has 0 unspecified atom stereocenters. The predicted octanol–water partition coefficient (Wildman–Crippen LogP) is 4.40. The van der Waals surface area contributed by atoms with Crippen LogP contribution in [0.25, 0.3) is 11.1 Å². The minimum absolute atomic E-state index is 0.173. The Kier molecular flexibility index (Phi) is 5.32. The standard InChI is InChI=1S/C24H25N3O2/c1-16-5-3-4-6-19(16)17-7-8-20-18(13-17)10-12-27(2)23(20)15-26-22-14-25-11-9-21(22)24(28)29/h3-9,11,13-14,23,26H,10,12,15H2,1-2H3,(H,28,29)/t23-/m0/s1. The minimum atomic E-state index is -0.949. The topological polar surface area (TPSA) is 65.5 Å². The van der Waals surface area contributed by atoms with Crippen molar-refractivity contribution in [2.24, 2.45) is 0 Å². The van der Waals surface area contributed by atoms with E-state index in [2.05, 4.69) is 71.6 Å². The van der Waals surface area contributed by atoms with Gasteiger partial charge in [-0.1, -0.05) is 42.5 Å². The van der Waals surface area contributed by atoms with E-state index in [-0.39, 0.29) is 11.6 Å². The van der Waals surface area contributed by atoms with E-state index >= 15 is 0 Å². The molecule has 3 aromatic rings. The highest BCUT2D eigenvalue weighted by Crippen LogP contribution is 2.33. The Morgan fingerprint density at radius 2 is 2.07 bits per heavy atom. The second kappa shape index (κ2) is 8.05. The average Bonchev–Trinajstić information content (AvgIpc) is 2.73. The highest BCUT2D eigenvalue weighted by molar-refractivity contribution is 5.93. The number of anilines is 1. The van der Waals surface area contributed by atoms with Gasteiger partial charge in [0.05, 0.1) is 23.5 Å². The fraction of sp³-hybridized carbons (Fsp3) is 0.250. The molecule has 5 heteroatoms. The van der Waals surface area contributed by atoms with Crippen LogP contribution in [0.2, 0.25) is 0 Å². The summed E-state index contributed by atoms with van der Waals surface area (Å²) in [6, 6.07) is 16.9. The van der Waals surface area contributed by atoms with Gasteiger partial charge in [0.25, 0.3) is 0 Å². The molecule has 2 aromatic carbocycles. The Bertz CT molecular complexity index is 1050. The van der Waals surface area contributed by atoms with Crippen LogP contribution in [0.4, 0.5) is 5.69 Å². The number of rotatable bonds is 5. The summed E-state index contributed by atoms with van der Waals surface area (Å²) in [4.78, 5) is 17.8. The van der Waals surface area contributed by atoms with Crippen molar-refractivity contribution in [1.29, 1.82) is 0 Å². The normalized spacial score (nSPS) is 16.3. The Hall–Kier alpha value is -3.18. The molecule has 1 aromatic heterocycles. The average molecular weight is 387 g/mol. The van der Waals surface area contributed by atoms with Crippen LogP contribution in [0.3, 0.4) is 0 Å².